The molecular formula is C10H14I2O4-2. The Hall–Kier alpha value is 0.400. The van der Waals surface area contributed by atoms with E-state index < -0.39 is 0 Å². The zero-order valence-electron chi connectivity index (χ0n) is 8.95. The fourth-order valence-electron chi connectivity index (χ4n) is 1.76. The summed E-state index contributed by atoms with van der Waals surface area (Å²) in [5.74, 6) is 0.403. The minimum atomic E-state index is -0.0664. The summed E-state index contributed by atoms with van der Waals surface area (Å²) in [7, 11) is 0. The van der Waals surface area contributed by atoms with Gasteiger partial charge in [-0.15, -0.1) is 0 Å². The van der Waals surface area contributed by atoms with E-state index in [4.69, 9.17) is 9.47 Å². The fraction of sp³-hybridized carbons (Fsp3) is 0.800. The first-order chi connectivity index (χ1) is 7.70. The van der Waals surface area contributed by atoms with Crippen molar-refractivity contribution in [3.05, 3.63) is 0 Å². The van der Waals surface area contributed by atoms with Gasteiger partial charge < -0.3 is 0 Å². The first-order valence-electron chi connectivity index (χ1n) is 5.08. The van der Waals surface area contributed by atoms with Crippen molar-refractivity contribution in [2.24, 2.45) is 5.92 Å². The Kier molecular flexibility index (Phi) is 4.68. The SMILES string of the molecule is C[I-]C1C(=O)OCC1C[I-]C1COC(=O)C1. The second-order valence-corrected chi connectivity index (χ2v) is 9.91. The van der Waals surface area contributed by atoms with Crippen molar-refractivity contribution in [1.82, 2.24) is 0 Å². The number of carbonyl (C=O) groups is 2. The third kappa shape index (κ3) is 2.99. The first kappa shape index (κ1) is 12.8. The Balaban J connectivity index is 1.77. The molecule has 0 aromatic heterocycles. The zero-order valence-corrected chi connectivity index (χ0v) is 13.3. The van der Waals surface area contributed by atoms with Crippen molar-refractivity contribution in [3.63, 3.8) is 0 Å². The first-order valence-corrected chi connectivity index (χ1v) is 11.3. The number of rotatable bonds is 4. The second kappa shape index (κ2) is 5.83. The third-order valence-corrected chi connectivity index (χ3v) is 9.19. The van der Waals surface area contributed by atoms with Crippen molar-refractivity contribution in [2.75, 3.05) is 22.6 Å². The number of alkyl halides is 4. The number of esters is 2. The number of hydrogen-bond donors (Lipinski definition) is 0. The van der Waals surface area contributed by atoms with Crippen LogP contribution in [-0.2, 0) is 19.1 Å². The van der Waals surface area contributed by atoms with E-state index >= 15 is 0 Å². The molecule has 0 radical (unpaired) electrons. The minimum absolute atomic E-state index is 0.0167. The topological polar surface area (TPSA) is 52.6 Å². The third-order valence-electron chi connectivity index (χ3n) is 2.63. The molecule has 4 nitrogen and oxygen atoms in total. The van der Waals surface area contributed by atoms with Crippen molar-refractivity contribution in [1.29, 1.82) is 0 Å². The van der Waals surface area contributed by atoms with E-state index in [1.54, 1.807) is 0 Å². The number of hydrogen-bond acceptors (Lipinski definition) is 4. The normalized spacial score (nSPS) is 34.4. The van der Waals surface area contributed by atoms with Gasteiger partial charge in [0, 0.05) is 0 Å². The second-order valence-electron chi connectivity index (χ2n) is 3.80. The van der Waals surface area contributed by atoms with E-state index in [9.17, 15) is 9.59 Å². The molecule has 2 aliphatic heterocycles. The van der Waals surface area contributed by atoms with Crippen molar-refractivity contribution in [2.45, 2.75) is 14.3 Å². The molecule has 3 atom stereocenters. The fourth-order valence-corrected chi connectivity index (χ4v) is 8.14. The molecule has 0 bridgehead atoms. The van der Waals surface area contributed by atoms with Gasteiger partial charge in [-0.1, -0.05) is 0 Å². The van der Waals surface area contributed by atoms with Gasteiger partial charge in [0.25, 0.3) is 0 Å². The van der Waals surface area contributed by atoms with Crippen LogP contribution < -0.4 is 42.4 Å². The predicted molar refractivity (Wildman–Crippen MR) is 48.4 cm³/mol. The van der Waals surface area contributed by atoms with E-state index in [2.05, 4.69) is 4.93 Å². The summed E-state index contributed by atoms with van der Waals surface area (Å²) < 4.78 is 11.8. The average Bonchev–Trinajstić information content (AvgIpc) is 2.82. The van der Waals surface area contributed by atoms with Gasteiger partial charge in [0.15, 0.2) is 0 Å². The van der Waals surface area contributed by atoms with E-state index in [0.717, 1.165) is 4.43 Å². The predicted octanol–water partition coefficient (Wildman–Crippen LogP) is -6.35. The van der Waals surface area contributed by atoms with Gasteiger partial charge in [0.05, 0.1) is 0 Å². The van der Waals surface area contributed by atoms with Crippen LogP contribution in [0.25, 0.3) is 0 Å². The summed E-state index contributed by atoms with van der Waals surface area (Å²) in [6, 6.07) is 0. The van der Waals surface area contributed by atoms with Crippen LogP contribution in [0, 0.1) is 5.92 Å². The molecule has 6 heteroatoms. The maximum atomic E-state index is 11.4. The Morgan fingerprint density at radius 3 is 2.75 bits per heavy atom. The van der Waals surface area contributed by atoms with Crippen LogP contribution in [0.1, 0.15) is 6.42 Å². The summed E-state index contributed by atoms with van der Waals surface area (Å²) in [4.78, 5) is 24.5. The number of carbonyl (C=O) groups excluding carboxylic acids is 2. The molecule has 0 N–H and O–H groups in total. The van der Waals surface area contributed by atoms with Gasteiger partial charge in [0.2, 0.25) is 0 Å². The Morgan fingerprint density at radius 2 is 2.12 bits per heavy atom. The number of halogens is 2. The molecule has 0 amide bonds. The summed E-state index contributed by atoms with van der Waals surface area (Å²) in [5.41, 5.74) is 0. The molecule has 0 aromatic rings. The Labute approximate surface area is 115 Å². The van der Waals surface area contributed by atoms with Crippen LogP contribution >= 0.6 is 0 Å². The summed E-state index contributed by atoms with van der Waals surface area (Å²) in [6.07, 6.45) is 0.598. The molecule has 16 heavy (non-hydrogen) atoms. The van der Waals surface area contributed by atoms with Crippen molar-refractivity contribution >= 4 is 11.9 Å². The van der Waals surface area contributed by atoms with Crippen molar-refractivity contribution < 1.29 is 61.5 Å². The molecule has 0 saturated carbocycles. The van der Waals surface area contributed by atoms with E-state index in [1.807, 2.05) is 0 Å². The van der Waals surface area contributed by atoms with Crippen LogP contribution in [0.4, 0.5) is 0 Å². The molecule has 0 aromatic carbocycles. The van der Waals surface area contributed by atoms with Crippen LogP contribution in [0.5, 0.6) is 0 Å². The number of ether oxygens (including phenoxy) is 2. The Bertz CT molecular complexity index is 295. The molecule has 0 spiro atoms. The standard InChI is InChI=1S/C10H14I2O4/c1-11-9-6(4-16-10(9)14)3-12-7-2-8(13)15-5-7/h6-7,9H,2-5H2,1H3/q-2. The summed E-state index contributed by atoms with van der Waals surface area (Å²) >= 11 is -0.0984. The van der Waals surface area contributed by atoms with E-state index in [1.165, 1.54) is 0 Å². The molecule has 2 aliphatic rings. The maximum absolute atomic E-state index is 11.4. The van der Waals surface area contributed by atoms with Crippen LogP contribution in [-0.4, -0.2) is 42.4 Å². The molecular weight excluding hydrogens is 438 g/mol. The van der Waals surface area contributed by atoms with Gasteiger partial charge in [-0.25, -0.2) is 0 Å². The molecule has 2 fully saturated rings. The molecule has 2 heterocycles. The summed E-state index contributed by atoms with van der Waals surface area (Å²) in [6.45, 7) is 1.22. The monoisotopic (exact) mass is 452 g/mol. The quantitative estimate of drug-likeness (QED) is 0.242. The molecule has 94 valence electrons. The summed E-state index contributed by atoms with van der Waals surface area (Å²) in [5, 5.41) is 0. The van der Waals surface area contributed by atoms with E-state index in [-0.39, 0.29) is 58.3 Å². The molecule has 2 saturated heterocycles. The average molecular weight is 452 g/mol. The van der Waals surface area contributed by atoms with Crippen LogP contribution in [0.2, 0.25) is 0 Å². The van der Waals surface area contributed by atoms with Gasteiger partial charge in [-0.2, -0.15) is 0 Å². The zero-order chi connectivity index (χ0) is 11.5. The van der Waals surface area contributed by atoms with Crippen molar-refractivity contribution in [3.8, 4) is 0 Å². The molecule has 3 unspecified atom stereocenters. The van der Waals surface area contributed by atoms with E-state index in [0.29, 0.717) is 29.5 Å². The Morgan fingerprint density at radius 1 is 1.31 bits per heavy atom. The molecule has 2 rings (SSSR count). The van der Waals surface area contributed by atoms with Crippen LogP contribution in [0.3, 0.4) is 0 Å². The van der Waals surface area contributed by atoms with Gasteiger partial charge in [-0.05, 0) is 0 Å². The number of cyclic esters (lactones) is 2. The van der Waals surface area contributed by atoms with Crippen LogP contribution in [0.15, 0.2) is 0 Å². The molecule has 0 aliphatic carbocycles. The van der Waals surface area contributed by atoms with Gasteiger partial charge >= 0.3 is 116 Å². The van der Waals surface area contributed by atoms with Gasteiger partial charge in [0.1, 0.15) is 0 Å². The van der Waals surface area contributed by atoms with Gasteiger partial charge in [-0.3, -0.25) is 0 Å².